The lowest BCUT2D eigenvalue weighted by Crippen LogP contribution is -2.45. The summed E-state index contributed by atoms with van der Waals surface area (Å²) in [5.74, 6) is -0.718. The van der Waals surface area contributed by atoms with Crippen molar-refractivity contribution in [3.63, 3.8) is 0 Å². The van der Waals surface area contributed by atoms with E-state index in [2.05, 4.69) is 10.1 Å². The van der Waals surface area contributed by atoms with Gasteiger partial charge < -0.3 is 27.7 Å². The second-order valence-corrected chi connectivity index (χ2v) is 6.24. The van der Waals surface area contributed by atoms with Crippen LogP contribution in [0, 0.1) is 0 Å². The third-order valence-corrected chi connectivity index (χ3v) is 2.97. The Hall–Kier alpha value is -2.19. The Morgan fingerprint density at radius 2 is 1.71 bits per heavy atom. The quantitative estimate of drug-likeness (QED) is 0.657. The van der Waals surface area contributed by atoms with E-state index in [4.69, 9.17) is 4.74 Å². The molecule has 0 aromatic heterocycles. The standard InChI is InChI=1S/C15H20BF3NO4/c1-15(2,3)24-14(22)20-12(13(21)23-4)9-10-5-7-11(8-6-10)16(17,18)19/h5-8,12H,9H2,1-4H3,(H,20,22)/q-1/t12-/m1/s1. The first-order chi connectivity index (χ1) is 10.9. The number of ether oxygens (including phenoxy) is 2. The number of rotatable bonds is 5. The van der Waals surface area contributed by atoms with Gasteiger partial charge in [0.2, 0.25) is 0 Å². The summed E-state index contributed by atoms with van der Waals surface area (Å²) in [6.45, 7) is -0.0841. The van der Waals surface area contributed by atoms with Gasteiger partial charge in [0.1, 0.15) is 11.6 Å². The maximum absolute atomic E-state index is 12.6. The molecule has 134 valence electrons. The highest BCUT2D eigenvalue weighted by molar-refractivity contribution is 6.73. The lowest BCUT2D eigenvalue weighted by atomic mass is 9.79. The molecule has 1 N–H and O–H groups in total. The maximum atomic E-state index is 12.6. The normalized spacial score (nSPS) is 13.1. The number of hydrogen-bond donors (Lipinski definition) is 1. The van der Waals surface area contributed by atoms with Crippen LogP contribution in [0.2, 0.25) is 0 Å². The van der Waals surface area contributed by atoms with E-state index in [0.717, 1.165) is 19.2 Å². The second kappa shape index (κ2) is 7.59. The van der Waals surface area contributed by atoms with Crippen LogP contribution in [0.15, 0.2) is 24.3 Å². The van der Waals surface area contributed by atoms with Crippen molar-refractivity contribution in [1.82, 2.24) is 5.32 Å². The van der Waals surface area contributed by atoms with Crippen LogP contribution in [-0.4, -0.2) is 37.8 Å². The molecule has 1 atom stereocenters. The molecule has 0 heterocycles. The molecule has 0 bridgehead atoms. The van der Waals surface area contributed by atoms with Gasteiger partial charge in [-0.3, -0.25) is 0 Å². The molecular weight excluding hydrogens is 326 g/mol. The molecule has 1 rings (SSSR count). The number of methoxy groups -OCH3 is 1. The molecular formula is C15H20BF3NO4-. The van der Waals surface area contributed by atoms with Gasteiger partial charge in [0.05, 0.1) is 7.11 Å². The predicted molar refractivity (Wildman–Crippen MR) is 84.0 cm³/mol. The van der Waals surface area contributed by atoms with Crippen molar-refractivity contribution in [1.29, 1.82) is 0 Å². The van der Waals surface area contributed by atoms with Crippen molar-refractivity contribution < 1.29 is 32.0 Å². The van der Waals surface area contributed by atoms with Crippen molar-refractivity contribution in [2.24, 2.45) is 0 Å². The summed E-state index contributed by atoms with van der Waals surface area (Å²) in [6, 6.07) is 3.34. The van der Waals surface area contributed by atoms with Crippen LogP contribution in [-0.2, 0) is 20.7 Å². The molecule has 24 heavy (non-hydrogen) atoms. The number of benzene rings is 1. The van der Waals surface area contributed by atoms with E-state index in [1.54, 1.807) is 20.8 Å². The van der Waals surface area contributed by atoms with E-state index in [1.807, 2.05) is 0 Å². The highest BCUT2D eigenvalue weighted by Gasteiger charge is 2.27. The van der Waals surface area contributed by atoms with Crippen LogP contribution in [0.4, 0.5) is 17.7 Å². The van der Waals surface area contributed by atoms with Gasteiger partial charge in [-0.05, 0) is 26.3 Å². The molecule has 0 aliphatic heterocycles. The van der Waals surface area contributed by atoms with E-state index < -0.39 is 36.1 Å². The van der Waals surface area contributed by atoms with Gasteiger partial charge in [0.15, 0.2) is 0 Å². The van der Waals surface area contributed by atoms with Crippen molar-refractivity contribution in [3.05, 3.63) is 29.8 Å². The van der Waals surface area contributed by atoms with E-state index in [0.29, 0.717) is 5.56 Å². The van der Waals surface area contributed by atoms with Gasteiger partial charge in [0, 0.05) is 6.42 Å². The third-order valence-electron chi connectivity index (χ3n) is 2.97. The first-order valence-electron chi connectivity index (χ1n) is 7.28. The number of carbonyl (C=O) groups is 2. The van der Waals surface area contributed by atoms with Crippen molar-refractivity contribution in [2.45, 2.75) is 38.8 Å². The van der Waals surface area contributed by atoms with Crippen LogP contribution in [0.25, 0.3) is 0 Å². The molecule has 0 spiro atoms. The molecule has 0 aliphatic rings. The van der Waals surface area contributed by atoms with Crippen LogP contribution < -0.4 is 10.8 Å². The minimum Gasteiger partial charge on any atom is -0.467 e. The summed E-state index contributed by atoms with van der Waals surface area (Å²) in [6.07, 6.45) is -0.829. The first kappa shape index (κ1) is 19.9. The Kier molecular flexibility index (Phi) is 6.28. The smallest absolute Gasteiger partial charge is 0.467 e. The van der Waals surface area contributed by atoms with Gasteiger partial charge in [-0.2, -0.15) is 0 Å². The molecule has 0 saturated carbocycles. The lowest BCUT2D eigenvalue weighted by Gasteiger charge is -2.23. The largest absolute Gasteiger partial charge is 0.509 e. The Morgan fingerprint density at radius 1 is 1.17 bits per heavy atom. The molecule has 0 radical (unpaired) electrons. The van der Waals surface area contributed by atoms with E-state index in [9.17, 15) is 22.5 Å². The summed E-state index contributed by atoms with van der Waals surface area (Å²) < 4.78 is 47.5. The molecule has 9 heteroatoms. The van der Waals surface area contributed by atoms with E-state index in [-0.39, 0.29) is 6.42 Å². The third kappa shape index (κ3) is 6.51. The summed E-state index contributed by atoms with van der Waals surface area (Å²) in [5.41, 5.74) is -1.03. The molecule has 0 aliphatic carbocycles. The highest BCUT2D eigenvalue weighted by atomic mass is 19.4. The number of nitrogens with one attached hydrogen (secondary N) is 1. The minimum atomic E-state index is -5.08. The van der Waals surface area contributed by atoms with Gasteiger partial charge in [-0.15, -0.1) is 5.46 Å². The maximum Gasteiger partial charge on any atom is 0.509 e. The summed E-state index contributed by atoms with van der Waals surface area (Å²) >= 11 is 0. The SMILES string of the molecule is COC(=O)[C@@H](Cc1ccc([B-](F)(F)F)cc1)NC(=O)OC(C)(C)C. The van der Waals surface area contributed by atoms with Gasteiger partial charge in [-0.1, -0.05) is 24.3 Å². The molecule has 5 nitrogen and oxygen atoms in total. The zero-order chi connectivity index (χ0) is 18.5. The minimum absolute atomic E-state index is 0.0168. The van der Waals surface area contributed by atoms with Crippen LogP contribution in [0.3, 0.4) is 0 Å². The molecule has 1 aromatic rings. The fourth-order valence-corrected chi connectivity index (χ4v) is 1.89. The average molecular weight is 346 g/mol. The number of hydrogen-bond acceptors (Lipinski definition) is 4. The summed E-state index contributed by atoms with van der Waals surface area (Å²) in [7, 11) is 1.15. The van der Waals surface area contributed by atoms with Gasteiger partial charge in [0.25, 0.3) is 0 Å². The van der Waals surface area contributed by atoms with E-state index >= 15 is 0 Å². The second-order valence-electron chi connectivity index (χ2n) is 6.24. The molecule has 1 aromatic carbocycles. The zero-order valence-corrected chi connectivity index (χ0v) is 13.9. The predicted octanol–water partition coefficient (Wildman–Crippen LogP) is 2.35. The average Bonchev–Trinajstić information content (AvgIpc) is 2.43. The topological polar surface area (TPSA) is 64.6 Å². The Morgan fingerprint density at radius 3 is 2.12 bits per heavy atom. The Bertz CT molecular complexity index is 582. The fraction of sp³-hybridized carbons (Fsp3) is 0.467. The number of carbonyl (C=O) groups excluding carboxylic acids is 2. The zero-order valence-electron chi connectivity index (χ0n) is 13.9. The number of halogens is 3. The molecule has 0 saturated heterocycles. The number of amides is 1. The summed E-state index contributed by atoms with van der Waals surface area (Å²) in [5, 5.41) is 2.36. The van der Waals surface area contributed by atoms with Crippen LogP contribution in [0.1, 0.15) is 26.3 Å². The molecule has 1 amide bonds. The van der Waals surface area contributed by atoms with E-state index in [1.165, 1.54) is 12.1 Å². The van der Waals surface area contributed by atoms with Crippen LogP contribution >= 0.6 is 0 Å². The van der Waals surface area contributed by atoms with Crippen molar-refractivity contribution in [3.8, 4) is 0 Å². The molecule has 0 unspecified atom stereocenters. The first-order valence-corrected chi connectivity index (χ1v) is 7.28. The van der Waals surface area contributed by atoms with Gasteiger partial charge in [-0.25, -0.2) is 9.59 Å². The van der Waals surface area contributed by atoms with Crippen molar-refractivity contribution in [2.75, 3.05) is 7.11 Å². The number of alkyl carbamates (subject to hydrolysis) is 1. The Labute approximate surface area is 138 Å². The molecule has 0 fully saturated rings. The lowest BCUT2D eigenvalue weighted by molar-refractivity contribution is -0.143. The van der Waals surface area contributed by atoms with Crippen LogP contribution in [0.5, 0.6) is 0 Å². The fourth-order valence-electron chi connectivity index (χ4n) is 1.89. The van der Waals surface area contributed by atoms with Crippen molar-refractivity contribution >= 4 is 24.5 Å². The Balaban J connectivity index is 2.83. The van der Waals surface area contributed by atoms with Gasteiger partial charge >= 0.3 is 19.0 Å². The monoisotopic (exact) mass is 346 g/mol. The highest BCUT2D eigenvalue weighted by Crippen LogP contribution is 2.12. The number of esters is 1. The summed E-state index contributed by atoms with van der Waals surface area (Å²) in [4.78, 5) is 23.6.